The Labute approximate surface area is 191 Å². The summed E-state index contributed by atoms with van der Waals surface area (Å²) in [5.74, 6) is -1.15. The third-order valence-electron chi connectivity index (χ3n) is 6.63. The number of carbonyl (C=O) groups excluding carboxylic acids is 2. The van der Waals surface area contributed by atoms with E-state index in [0.717, 1.165) is 31.6 Å². The highest BCUT2D eigenvalue weighted by Gasteiger charge is 2.25. The first-order chi connectivity index (χ1) is 15.6. The molecule has 1 saturated heterocycles. The highest BCUT2D eigenvalue weighted by molar-refractivity contribution is 6.35. The van der Waals surface area contributed by atoms with Gasteiger partial charge in [-0.25, -0.2) is 0 Å². The normalized spacial score (nSPS) is 17.3. The van der Waals surface area contributed by atoms with E-state index in [-0.39, 0.29) is 6.04 Å². The average molecular weight is 435 g/mol. The van der Waals surface area contributed by atoms with Crippen LogP contribution in [0.5, 0.6) is 0 Å². The van der Waals surface area contributed by atoms with Crippen molar-refractivity contribution in [3.63, 3.8) is 0 Å². The minimum Gasteiger partial charge on any atom is -0.374 e. The Morgan fingerprint density at radius 3 is 2.44 bits per heavy atom. The van der Waals surface area contributed by atoms with Gasteiger partial charge >= 0.3 is 11.8 Å². The molecular weight excluding hydrogens is 400 g/mol. The minimum absolute atomic E-state index is 0.0821. The van der Waals surface area contributed by atoms with Gasteiger partial charge in [0.05, 0.1) is 6.04 Å². The number of anilines is 1. The second-order valence-corrected chi connectivity index (χ2v) is 8.90. The Kier molecular flexibility index (Phi) is 7.43. The maximum Gasteiger partial charge on any atom is 0.309 e. The van der Waals surface area contributed by atoms with Crippen molar-refractivity contribution < 1.29 is 9.59 Å². The van der Waals surface area contributed by atoms with E-state index in [1.54, 1.807) is 0 Å². The van der Waals surface area contributed by atoms with Crippen LogP contribution in [0.1, 0.15) is 48.4 Å². The molecule has 0 spiro atoms. The summed E-state index contributed by atoms with van der Waals surface area (Å²) in [6.45, 7) is 3.93. The van der Waals surface area contributed by atoms with Crippen molar-refractivity contribution in [2.75, 3.05) is 38.1 Å². The van der Waals surface area contributed by atoms with Crippen molar-refractivity contribution in [2.24, 2.45) is 0 Å². The van der Waals surface area contributed by atoms with Crippen LogP contribution in [0.15, 0.2) is 48.5 Å². The van der Waals surface area contributed by atoms with Crippen LogP contribution in [-0.2, 0) is 22.6 Å². The number of rotatable bonds is 6. The lowest BCUT2D eigenvalue weighted by Gasteiger charge is -2.36. The fourth-order valence-electron chi connectivity index (χ4n) is 4.83. The first-order valence-corrected chi connectivity index (χ1v) is 11.8. The van der Waals surface area contributed by atoms with Gasteiger partial charge in [0.15, 0.2) is 0 Å². The number of aryl methyl sites for hydroxylation is 1. The lowest BCUT2D eigenvalue weighted by atomic mass is 9.95. The molecule has 0 saturated carbocycles. The van der Waals surface area contributed by atoms with E-state index < -0.39 is 11.8 Å². The molecule has 170 valence electrons. The van der Waals surface area contributed by atoms with Crippen molar-refractivity contribution in [3.05, 3.63) is 65.2 Å². The zero-order chi connectivity index (χ0) is 22.3. The summed E-state index contributed by atoms with van der Waals surface area (Å²) in [5, 5.41) is 5.62. The summed E-state index contributed by atoms with van der Waals surface area (Å²) in [6.07, 6.45) is 5.87. The Morgan fingerprint density at radius 1 is 0.906 bits per heavy atom. The number of nitrogens with zero attached hydrogens (tertiary/aromatic N) is 2. The van der Waals surface area contributed by atoms with Crippen molar-refractivity contribution in [1.82, 2.24) is 15.5 Å². The predicted molar refractivity (Wildman–Crippen MR) is 127 cm³/mol. The van der Waals surface area contributed by atoms with E-state index >= 15 is 0 Å². The highest BCUT2D eigenvalue weighted by Crippen LogP contribution is 2.31. The van der Waals surface area contributed by atoms with E-state index in [0.29, 0.717) is 13.1 Å². The van der Waals surface area contributed by atoms with Crippen LogP contribution in [0.2, 0.25) is 0 Å². The SMILES string of the molecule is CN1CCCc2cc(C(CNC(=O)C(=O)NCc3ccccc3)N3CCCCC3)ccc21. The average Bonchev–Trinajstić information content (AvgIpc) is 2.84. The van der Waals surface area contributed by atoms with Gasteiger partial charge in [0.2, 0.25) is 0 Å². The van der Waals surface area contributed by atoms with Gasteiger partial charge in [-0.1, -0.05) is 48.9 Å². The monoisotopic (exact) mass is 434 g/mol. The number of amides is 2. The van der Waals surface area contributed by atoms with E-state index in [1.807, 2.05) is 30.3 Å². The van der Waals surface area contributed by atoms with Crippen LogP contribution in [0.3, 0.4) is 0 Å². The first-order valence-electron chi connectivity index (χ1n) is 11.8. The zero-order valence-electron chi connectivity index (χ0n) is 19.0. The second-order valence-electron chi connectivity index (χ2n) is 8.90. The van der Waals surface area contributed by atoms with Gasteiger partial charge in [-0.05, 0) is 61.5 Å². The van der Waals surface area contributed by atoms with Gasteiger partial charge in [-0.3, -0.25) is 14.5 Å². The Bertz CT molecular complexity index is 925. The maximum absolute atomic E-state index is 12.5. The molecule has 6 nitrogen and oxygen atoms in total. The quantitative estimate of drug-likeness (QED) is 0.686. The van der Waals surface area contributed by atoms with Crippen LogP contribution in [0.4, 0.5) is 5.69 Å². The molecule has 0 aromatic heterocycles. The molecule has 0 aliphatic carbocycles. The standard InChI is InChI=1S/C26H34N4O2/c1-29-14-8-11-21-17-22(12-13-23(21)29)24(30-15-6-3-7-16-30)19-28-26(32)25(31)27-18-20-9-4-2-5-10-20/h2,4-5,9-10,12-13,17,24H,3,6-8,11,14-16,18-19H2,1H3,(H,27,31)(H,28,32). The Hall–Kier alpha value is -2.86. The molecule has 32 heavy (non-hydrogen) atoms. The lowest BCUT2D eigenvalue weighted by Crippen LogP contribution is -2.45. The van der Waals surface area contributed by atoms with Crippen molar-refractivity contribution in [2.45, 2.75) is 44.7 Å². The van der Waals surface area contributed by atoms with Gasteiger partial charge in [-0.2, -0.15) is 0 Å². The number of likely N-dealkylation sites (tertiary alicyclic amines) is 1. The fraction of sp³-hybridized carbons (Fsp3) is 0.462. The van der Waals surface area contributed by atoms with Crippen LogP contribution in [0, 0.1) is 0 Å². The van der Waals surface area contributed by atoms with Crippen LogP contribution in [-0.4, -0.2) is 49.9 Å². The molecule has 0 radical (unpaired) electrons. The summed E-state index contributed by atoms with van der Waals surface area (Å²) in [7, 11) is 2.15. The minimum atomic E-state index is -0.585. The summed E-state index contributed by atoms with van der Waals surface area (Å²) >= 11 is 0. The molecule has 1 fully saturated rings. The summed E-state index contributed by atoms with van der Waals surface area (Å²) in [5.41, 5.74) is 4.89. The number of fused-ring (bicyclic) bond motifs is 1. The van der Waals surface area contributed by atoms with Crippen molar-refractivity contribution >= 4 is 17.5 Å². The van der Waals surface area contributed by atoms with E-state index in [2.05, 4.69) is 45.7 Å². The number of carbonyl (C=O) groups is 2. The molecule has 2 N–H and O–H groups in total. The van der Waals surface area contributed by atoms with Crippen molar-refractivity contribution in [3.8, 4) is 0 Å². The molecule has 2 amide bonds. The maximum atomic E-state index is 12.5. The number of piperidine rings is 1. The molecule has 1 unspecified atom stereocenters. The summed E-state index contributed by atoms with van der Waals surface area (Å²) < 4.78 is 0. The van der Waals surface area contributed by atoms with E-state index in [9.17, 15) is 9.59 Å². The Morgan fingerprint density at radius 2 is 1.66 bits per heavy atom. The smallest absolute Gasteiger partial charge is 0.309 e. The number of hydrogen-bond donors (Lipinski definition) is 2. The molecule has 2 aromatic carbocycles. The molecule has 1 atom stereocenters. The predicted octanol–water partition coefficient (Wildman–Crippen LogP) is 3.03. The van der Waals surface area contributed by atoms with Gasteiger partial charge in [0, 0.05) is 32.4 Å². The van der Waals surface area contributed by atoms with Crippen LogP contribution < -0.4 is 15.5 Å². The van der Waals surface area contributed by atoms with Crippen LogP contribution >= 0.6 is 0 Å². The first kappa shape index (κ1) is 22.3. The van der Waals surface area contributed by atoms with Gasteiger partial charge in [0.25, 0.3) is 0 Å². The lowest BCUT2D eigenvalue weighted by molar-refractivity contribution is -0.139. The van der Waals surface area contributed by atoms with Gasteiger partial charge in [-0.15, -0.1) is 0 Å². The van der Waals surface area contributed by atoms with Crippen LogP contribution in [0.25, 0.3) is 0 Å². The third-order valence-corrected chi connectivity index (χ3v) is 6.63. The Balaban J connectivity index is 1.42. The number of hydrogen-bond acceptors (Lipinski definition) is 4. The fourth-order valence-corrected chi connectivity index (χ4v) is 4.83. The molecule has 4 rings (SSSR count). The second kappa shape index (κ2) is 10.6. The summed E-state index contributed by atoms with van der Waals surface area (Å²) in [6, 6.07) is 16.4. The molecule has 6 heteroatoms. The van der Waals surface area contributed by atoms with E-state index in [4.69, 9.17) is 0 Å². The number of nitrogens with one attached hydrogen (secondary N) is 2. The molecular formula is C26H34N4O2. The molecule has 2 aromatic rings. The molecule has 2 aliphatic heterocycles. The van der Waals surface area contributed by atoms with Gasteiger partial charge in [0.1, 0.15) is 0 Å². The van der Waals surface area contributed by atoms with Crippen molar-refractivity contribution in [1.29, 1.82) is 0 Å². The number of benzene rings is 2. The van der Waals surface area contributed by atoms with E-state index in [1.165, 1.54) is 42.5 Å². The molecule has 2 heterocycles. The van der Waals surface area contributed by atoms with Gasteiger partial charge < -0.3 is 15.5 Å². The third kappa shape index (κ3) is 5.49. The topological polar surface area (TPSA) is 64.7 Å². The summed E-state index contributed by atoms with van der Waals surface area (Å²) in [4.78, 5) is 29.6. The zero-order valence-corrected chi connectivity index (χ0v) is 19.0. The molecule has 2 aliphatic rings. The highest BCUT2D eigenvalue weighted by atomic mass is 16.2. The largest absolute Gasteiger partial charge is 0.374 e. The molecule has 0 bridgehead atoms.